The molecule has 0 aliphatic rings. The van der Waals surface area contributed by atoms with Gasteiger partial charge in [0.25, 0.3) is 0 Å². The molecule has 0 spiro atoms. The SMILES string of the molecule is COCCN(CCC#N)C(=O)CCc1cccc(N)c1. The molecule has 20 heavy (non-hydrogen) atoms. The Labute approximate surface area is 119 Å². The van der Waals surface area contributed by atoms with Crippen LogP contribution in [0.3, 0.4) is 0 Å². The molecule has 0 saturated carbocycles. The van der Waals surface area contributed by atoms with Gasteiger partial charge in [0, 0.05) is 32.3 Å². The minimum atomic E-state index is 0.0414. The number of anilines is 1. The maximum absolute atomic E-state index is 12.1. The number of aryl methyl sites for hydroxylation is 1. The van der Waals surface area contributed by atoms with Crippen molar-refractivity contribution in [2.45, 2.75) is 19.3 Å². The van der Waals surface area contributed by atoms with Crippen molar-refractivity contribution in [3.8, 4) is 6.07 Å². The number of nitrogen functional groups attached to an aromatic ring is 1. The van der Waals surface area contributed by atoms with Crippen molar-refractivity contribution in [1.82, 2.24) is 4.90 Å². The summed E-state index contributed by atoms with van der Waals surface area (Å²) >= 11 is 0. The van der Waals surface area contributed by atoms with Crippen molar-refractivity contribution in [3.63, 3.8) is 0 Å². The van der Waals surface area contributed by atoms with Gasteiger partial charge in [0.1, 0.15) is 0 Å². The third-order valence-corrected chi connectivity index (χ3v) is 2.99. The van der Waals surface area contributed by atoms with Crippen molar-refractivity contribution < 1.29 is 9.53 Å². The second-order valence-corrected chi connectivity index (χ2v) is 4.53. The summed E-state index contributed by atoms with van der Waals surface area (Å²) in [4.78, 5) is 13.8. The number of amides is 1. The van der Waals surface area contributed by atoms with E-state index < -0.39 is 0 Å². The summed E-state index contributed by atoms with van der Waals surface area (Å²) in [5.74, 6) is 0.0414. The molecule has 0 unspecified atom stereocenters. The van der Waals surface area contributed by atoms with Gasteiger partial charge in [0.15, 0.2) is 0 Å². The molecule has 0 aliphatic heterocycles. The van der Waals surface area contributed by atoms with Crippen LogP contribution >= 0.6 is 0 Å². The van der Waals surface area contributed by atoms with Crippen LogP contribution in [0.2, 0.25) is 0 Å². The Morgan fingerprint density at radius 2 is 2.25 bits per heavy atom. The Bertz CT molecular complexity index is 468. The van der Waals surface area contributed by atoms with Gasteiger partial charge in [-0.3, -0.25) is 4.79 Å². The van der Waals surface area contributed by atoms with Crippen LogP contribution in [0.25, 0.3) is 0 Å². The van der Waals surface area contributed by atoms with Gasteiger partial charge in [0.05, 0.1) is 19.1 Å². The van der Waals surface area contributed by atoms with E-state index in [4.69, 9.17) is 15.7 Å². The lowest BCUT2D eigenvalue weighted by Gasteiger charge is -2.21. The Morgan fingerprint density at radius 3 is 2.90 bits per heavy atom. The highest BCUT2D eigenvalue weighted by molar-refractivity contribution is 5.76. The summed E-state index contributed by atoms with van der Waals surface area (Å²) in [6.45, 7) is 1.46. The molecule has 5 heteroatoms. The largest absolute Gasteiger partial charge is 0.399 e. The van der Waals surface area contributed by atoms with Crippen LogP contribution in [0.15, 0.2) is 24.3 Å². The van der Waals surface area contributed by atoms with E-state index in [0.717, 1.165) is 5.56 Å². The second-order valence-electron chi connectivity index (χ2n) is 4.53. The normalized spacial score (nSPS) is 10.0. The molecule has 2 N–H and O–H groups in total. The van der Waals surface area contributed by atoms with E-state index in [2.05, 4.69) is 6.07 Å². The van der Waals surface area contributed by atoms with Crippen LogP contribution < -0.4 is 5.73 Å². The van der Waals surface area contributed by atoms with E-state index in [9.17, 15) is 4.79 Å². The predicted octanol–water partition coefficient (Wildman–Crippen LogP) is 1.59. The minimum Gasteiger partial charge on any atom is -0.399 e. The highest BCUT2D eigenvalue weighted by Crippen LogP contribution is 2.10. The number of hydrogen-bond donors (Lipinski definition) is 1. The first-order valence-electron chi connectivity index (χ1n) is 6.65. The lowest BCUT2D eigenvalue weighted by atomic mass is 10.1. The number of nitriles is 1. The van der Waals surface area contributed by atoms with Crippen LogP contribution in [-0.4, -0.2) is 37.6 Å². The fourth-order valence-corrected chi connectivity index (χ4v) is 1.91. The fraction of sp³-hybridized carbons (Fsp3) is 0.467. The molecule has 0 heterocycles. The second kappa shape index (κ2) is 8.94. The lowest BCUT2D eigenvalue weighted by Crippen LogP contribution is -2.34. The molecule has 1 aromatic carbocycles. The maximum Gasteiger partial charge on any atom is 0.223 e. The van der Waals surface area contributed by atoms with E-state index >= 15 is 0 Å². The number of rotatable bonds is 8. The first kappa shape index (κ1) is 16.0. The number of ether oxygens (including phenoxy) is 1. The molecule has 5 nitrogen and oxygen atoms in total. The maximum atomic E-state index is 12.1. The smallest absolute Gasteiger partial charge is 0.223 e. The predicted molar refractivity (Wildman–Crippen MR) is 77.9 cm³/mol. The summed E-state index contributed by atoms with van der Waals surface area (Å²) in [6, 6.07) is 9.60. The number of carbonyl (C=O) groups is 1. The molecule has 0 radical (unpaired) electrons. The van der Waals surface area contributed by atoms with Gasteiger partial charge in [-0.1, -0.05) is 12.1 Å². The van der Waals surface area contributed by atoms with E-state index in [1.165, 1.54) is 0 Å². The molecule has 0 saturated heterocycles. The molecule has 1 aromatic rings. The van der Waals surface area contributed by atoms with Crippen LogP contribution in [0.1, 0.15) is 18.4 Å². The average Bonchev–Trinajstić information content (AvgIpc) is 2.45. The average molecular weight is 275 g/mol. The highest BCUT2D eigenvalue weighted by atomic mass is 16.5. The fourth-order valence-electron chi connectivity index (χ4n) is 1.91. The van der Waals surface area contributed by atoms with Crippen LogP contribution in [0, 0.1) is 11.3 Å². The summed E-state index contributed by atoms with van der Waals surface area (Å²) in [7, 11) is 1.60. The van der Waals surface area contributed by atoms with Crippen LogP contribution in [0.4, 0.5) is 5.69 Å². The minimum absolute atomic E-state index is 0.0414. The first-order chi connectivity index (χ1) is 9.67. The van der Waals surface area contributed by atoms with E-state index in [1.807, 2.05) is 24.3 Å². The van der Waals surface area contributed by atoms with Crippen LogP contribution in [-0.2, 0) is 16.0 Å². The molecule has 0 aliphatic carbocycles. The Morgan fingerprint density at radius 1 is 1.45 bits per heavy atom. The van der Waals surface area contributed by atoms with Gasteiger partial charge in [-0.2, -0.15) is 5.26 Å². The van der Waals surface area contributed by atoms with E-state index in [-0.39, 0.29) is 5.91 Å². The first-order valence-corrected chi connectivity index (χ1v) is 6.65. The van der Waals surface area contributed by atoms with Gasteiger partial charge >= 0.3 is 0 Å². The van der Waals surface area contributed by atoms with Gasteiger partial charge in [-0.15, -0.1) is 0 Å². The van der Waals surface area contributed by atoms with Crippen molar-refractivity contribution in [3.05, 3.63) is 29.8 Å². The Kier molecular flexibility index (Phi) is 7.15. The van der Waals surface area contributed by atoms with Gasteiger partial charge < -0.3 is 15.4 Å². The standard InChI is InChI=1S/C15H21N3O2/c1-20-11-10-18(9-3-8-16)15(19)7-6-13-4-2-5-14(17)12-13/h2,4-5,12H,3,6-7,9-11,17H2,1H3. The summed E-state index contributed by atoms with van der Waals surface area (Å²) in [5, 5.41) is 8.63. The summed E-state index contributed by atoms with van der Waals surface area (Å²) in [5.41, 5.74) is 7.46. The molecule has 0 fully saturated rings. The van der Waals surface area contributed by atoms with Crippen molar-refractivity contribution in [1.29, 1.82) is 5.26 Å². The summed E-state index contributed by atoms with van der Waals surface area (Å²) in [6.07, 6.45) is 1.41. The third-order valence-electron chi connectivity index (χ3n) is 2.99. The quantitative estimate of drug-likeness (QED) is 0.731. The molecule has 0 aromatic heterocycles. The summed E-state index contributed by atoms with van der Waals surface area (Å²) < 4.78 is 4.99. The van der Waals surface area contributed by atoms with Gasteiger partial charge in [-0.05, 0) is 24.1 Å². The Balaban J connectivity index is 2.50. The number of carbonyl (C=O) groups excluding carboxylic acids is 1. The zero-order valence-corrected chi connectivity index (χ0v) is 11.8. The third kappa shape index (κ3) is 5.72. The topological polar surface area (TPSA) is 79.3 Å². The molecule has 1 rings (SSSR count). The molecule has 0 atom stereocenters. The zero-order chi connectivity index (χ0) is 14.8. The lowest BCUT2D eigenvalue weighted by molar-refractivity contribution is -0.131. The molecule has 1 amide bonds. The molecular weight excluding hydrogens is 254 g/mol. The van der Waals surface area contributed by atoms with Crippen LogP contribution in [0.5, 0.6) is 0 Å². The monoisotopic (exact) mass is 275 g/mol. The van der Waals surface area contributed by atoms with E-state index in [1.54, 1.807) is 12.0 Å². The number of benzene rings is 1. The van der Waals surface area contributed by atoms with Gasteiger partial charge in [-0.25, -0.2) is 0 Å². The number of nitrogens with two attached hydrogens (primary N) is 1. The number of hydrogen-bond acceptors (Lipinski definition) is 4. The highest BCUT2D eigenvalue weighted by Gasteiger charge is 2.12. The van der Waals surface area contributed by atoms with Crippen molar-refractivity contribution in [2.24, 2.45) is 0 Å². The van der Waals surface area contributed by atoms with E-state index in [0.29, 0.717) is 44.6 Å². The molecular formula is C15H21N3O2. The number of methoxy groups -OCH3 is 1. The van der Waals surface area contributed by atoms with Crippen molar-refractivity contribution >= 4 is 11.6 Å². The number of nitrogens with zero attached hydrogens (tertiary/aromatic N) is 2. The molecule has 108 valence electrons. The Hall–Kier alpha value is -2.06. The van der Waals surface area contributed by atoms with Gasteiger partial charge in [0.2, 0.25) is 5.91 Å². The molecule has 0 bridgehead atoms. The van der Waals surface area contributed by atoms with Crippen molar-refractivity contribution in [2.75, 3.05) is 32.5 Å². The zero-order valence-electron chi connectivity index (χ0n) is 11.8.